The highest BCUT2D eigenvalue weighted by Crippen LogP contribution is 2.31. The quantitative estimate of drug-likeness (QED) is 0.776. The van der Waals surface area contributed by atoms with E-state index in [-0.39, 0.29) is 5.91 Å². The average Bonchev–Trinajstić information content (AvgIpc) is 3.00. The van der Waals surface area contributed by atoms with Crippen molar-refractivity contribution >= 4 is 11.6 Å². The number of ether oxygens (including phenoxy) is 3. The molecule has 3 N–H and O–H groups in total. The molecule has 2 rings (SSSR count). The predicted molar refractivity (Wildman–Crippen MR) is 79.8 cm³/mol. The summed E-state index contributed by atoms with van der Waals surface area (Å²) in [4.78, 5) is 12.2. The minimum Gasteiger partial charge on any atom is -0.493 e. The van der Waals surface area contributed by atoms with E-state index >= 15 is 0 Å². The molecule has 1 aliphatic rings. The second-order valence-corrected chi connectivity index (χ2v) is 5.07. The number of amides is 1. The summed E-state index contributed by atoms with van der Waals surface area (Å²) >= 11 is 0. The van der Waals surface area contributed by atoms with Crippen molar-refractivity contribution < 1.29 is 19.0 Å². The zero-order chi connectivity index (χ0) is 15.2. The van der Waals surface area contributed by atoms with Gasteiger partial charge in [0.05, 0.1) is 19.8 Å². The van der Waals surface area contributed by atoms with E-state index in [9.17, 15) is 4.79 Å². The number of hydrogen-bond acceptors (Lipinski definition) is 5. The highest BCUT2D eigenvalue weighted by Gasteiger charge is 2.17. The molecule has 1 unspecified atom stereocenters. The first-order chi connectivity index (χ1) is 10.2. The molecule has 1 aliphatic heterocycles. The monoisotopic (exact) mass is 294 g/mol. The second kappa shape index (κ2) is 7.17. The van der Waals surface area contributed by atoms with Gasteiger partial charge in [-0.05, 0) is 24.8 Å². The molecular formula is C15H22N2O4. The van der Waals surface area contributed by atoms with Crippen molar-refractivity contribution in [3.05, 3.63) is 17.7 Å². The lowest BCUT2D eigenvalue weighted by Gasteiger charge is -2.13. The van der Waals surface area contributed by atoms with Crippen molar-refractivity contribution in [2.75, 3.05) is 39.7 Å². The first-order valence-electron chi connectivity index (χ1n) is 7.03. The van der Waals surface area contributed by atoms with Crippen LogP contribution in [0, 0.1) is 5.92 Å². The molecule has 21 heavy (non-hydrogen) atoms. The third-order valence-corrected chi connectivity index (χ3v) is 3.66. The van der Waals surface area contributed by atoms with E-state index in [1.54, 1.807) is 12.1 Å². The van der Waals surface area contributed by atoms with E-state index < -0.39 is 0 Å². The molecule has 0 saturated carbocycles. The van der Waals surface area contributed by atoms with Crippen molar-refractivity contribution in [2.24, 2.45) is 5.92 Å². The molecule has 0 aliphatic carbocycles. The Labute approximate surface area is 124 Å². The van der Waals surface area contributed by atoms with Crippen molar-refractivity contribution in [3.8, 4) is 11.5 Å². The molecule has 1 aromatic rings. The van der Waals surface area contributed by atoms with Crippen molar-refractivity contribution in [3.63, 3.8) is 0 Å². The van der Waals surface area contributed by atoms with Crippen LogP contribution in [0.25, 0.3) is 0 Å². The summed E-state index contributed by atoms with van der Waals surface area (Å²) < 4.78 is 15.7. The molecule has 6 heteroatoms. The van der Waals surface area contributed by atoms with Gasteiger partial charge in [0.1, 0.15) is 0 Å². The van der Waals surface area contributed by atoms with E-state index in [1.165, 1.54) is 14.2 Å². The van der Waals surface area contributed by atoms with E-state index in [4.69, 9.17) is 19.9 Å². The number of nitrogen functional groups attached to an aromatic ring is 1. The highest BCUT2D eigenvalue weighted by molar-refractivity contribution is 6.00. The van der Waals surface area contributed by atoms with Crippen LogP contribution >= 0.6 is 0 Å². The Balaban J connectivity index is 1.97. The topological polar surface area (TPSA) is 82.8 Å². The van der Waals surface area contributed by atoms with Crippen LogP contribution < -0.4 is 20.5 Å². The summed E-state index contributed by atoms with van der Waals surface area (Å²) in [6.45, 7) is 2.22. The minimum absolute atomic E-state index is 0.202. The van der Waals surface area contributed by atoms with Crippen LogP contribution in [0.1, 0.15) is 23.2 Å². The first kappa shape index (κ1) is 15.4. The van der Waals surface area contributed by atoms with Gasteiger partial charge in [-0.1, -0.05) is 0 Å². The Morgan fingerprint density at radius 2 is 2.10 bits per heavy atom. The number of carbonyl (C=O) groups is 1. The normalized spacial score (nSPS) is 17.5. The lowest BCUT2D eigenvalue weighted by molar-refractivity contribution is 0.0951. The van der Waals surface area contributed by atoms with Gasteiger partial charge in [-0.3, -0.25) is 4.79 Å². The Morgan fingerprint density at radius 1 is 1.38 bits per heavy atom. The summed E-state index contributed by atoms with van der Waals surface area (Å²) in [5, 5.41) is 2.88. The number of nitrogens with one attached hydrogen (secondary N) is 1. The van der Waals surface area contributed by atoms with Gasteiger partial charge >= 0.3 is 0 Å². The van der Waals surface area contributed by atoms with Crippen LogP contribution in [-0.4, -0.2) is 39.9 Å². The van der Waals surface area contributed by atoms with Crippen LogP contribution in [0.4, 0.5) is 5.69 Å². The maximum atomic E-state index is 12.2. The summed E-state index contributed by atoms with van der Waals surface area (Å²) in [5.41, 5.74) is 6.67. The molecule has 1 atom stereocenters. The van der Waals surface area contributed by atoms with Crippen molar-refractivity contribution in [2.45, 2.75) is 12.8 Å². The number of rotatable bonds is 6. The minimum atomic E-state index is -0.202. The molecule has 1 aromatic carbocycles. The van der Waals surface area contributed by atoms with Gasteiger partial charge in [0.2, 0.25) is 0 Å². The van der Waals surface area contributed by atoms with Crippen LogP contribution in [0.5, 0.6) is 11.5 Å². The fourth-order valence-corrected chi connectivity index (χ4v) is 2.39. The lowest BCUT2D eigenvalue weighted by Crippen LogP contribution is -2.27. The molecule has 116 valence electrons. The van der Waals surface area contributed by atoms with Gasteiger partial charge in [0.15, 0.2) is 11.5 Å². The fraction of sp³-hybridized carbons (Fsp3) is 0.533. The van der Waals surface area contributed by atoms with Gasteiger partial charge < -0.3 is 25.3 Å². The second-order valence-electron chi connectivity index (χ2n) is 5.07. The molecule has 1 saturated heterocycles. The molecule has 0 radical (unpaired) electrons. The van der Waals surface area contributed by atoms with Crippen LogP contribution in [0.2, 0.25) is 0 Å². The molecule has 1 amide bonds. The molecule has 1 heterocycles. The fourth-order valence-electron chi connectivity index (χ4n) is 2.39. The van der Waals surface area contributed by atoms with E-state index in [1.807, 2.05) is 0 Å². The van der Waals surface area contributed by atoms with Gasteiger partial charge in [-0.25, -0.2) is 0 Å². The van der Waals surface area contributed by atoms with Gasteiger partial charge in [0.25, 0.3) is 5.91 Å². The largest absolute Gasteiger partial charge is 0.493 e. The lowest BCUT2D eigenvalue weighted by atomic mass is 10.1. The maximum Gasteiger partial charge on any atom is 0.253 e. The van der Waals surface area contributed by atoms with Gasteiger partial charge in [-0.15, -0.1) is 0 Å². The van der Waals surface area contributed by atoms with Crippen LogP contribution in [-0.2, 0) is 4.74 Å². The molecular weight excluding hydrogens is 272 g/mol. The van der Waals surface area contributed by atoms with E-state index in [0.29, 0.717) is 35.2 Å². The predicted octanol–water partition coefficient (Wildman–Crippen LogP) is 1.44. The summed E-state index contributed by atoms with van der Waals surface area (Å²) in [6.07, 6.45) is 1.98. The smallest absolute Gasteiger partial charge is 0.253 e. The first-order valence-corrected chi connectivity index (χ1v) is 7.03. The number of benzene rings is 1. The zero-order valence-corrected chi connectivity index (χ0v) is 12.5. The standard InChI is InChI=1S/C15H22N2O4/c1-19-13-7-11(12(16)8-14(13)20-2)15(18)17-5-3-10-4-6-21-9-10/h7-8,10H,3-6,9,16H2,1-2H3,(H,17,18). The number of anilines is 1. The number of nitrogens with two attached hydrogens (primary N) is 1. The third kappa shape index (κ3) is 3.78. The number of methoxy groups -OCH3 is 2. The summed E-state index contributed by atoms with van der Waals surface area (Å²) in [7, 11) is 3.05. The average molecular weight is 294 g/mol. The van der Waals surface area contributed by atoms with Gasteiger partial charge in [-0.2, -0.15) is 0 Å². The molecule has 6 nitrogen and oxygen atoms in total. The van der Waals surface area contributed by atoms with Gasteiger partial charge in [0, 0.05) is 31.5 Å². The maximum absolute atomic E-state index is 12.2. The molecule has 1 fully saturated rings. The van der Waals surface area contributed by atoms with Crippen LogP contribution in [0.15, 0.2) is 12.1 Å². The van der Waals surface area contributed by atoms with E-state index in [0.717, 1.165) is 26.1 Å². The number of hydrogen-bond donors (Lipinski definition) is 2. The van der Waals surface area contributed by atoms with Crippen molar-refractivity contribution in [1.29, 1.82) is 0 Å². The SMILES string of the molecule is COc1cc(N)c(C(=O)NCCC2CCOC2)cc1OC. The molecule has 0 aromatic heterocycles. The Bertz CT molecular complexity index is 499. The molecule has 0 bridgehead atoms. The summed E-state index contributed by atoms with van der Waals surface area (Å²) in [6, 6.07) is 3.20. The Hall–Kier alpha value is -1.95. The van der Waals surface area contributed by atoms with Crippen LogP contribution in [0.3, 0.4) is 0 Å². The third-order valence-electron chi connectivity index (χ3n) is 3.66. The molecule has 0 spiro atoms. The van der Waals surface area contributed by atoms with E-state index in [2.05, 4.69) is 5.32 Å². The summed E-state index contributed by atoms with van der Waals surface area (Å²) in [5.74, 6) is 1.33. The zero-order valence-electron chi connectivity index (χ0n) is 12.5. The van der Waals surface area contributed by atoms with Crippen molar-refractivity contribution in [1.82, 2.24) is 5.32 Å². The highest BCUT2D eigenvalue weighted by atomic mass is 16.5. The number of carbonyl (C=O) groups excluding carboxylic acids is 1. The Kier molecular flexibility index (Phi) is 5.27. The Morgan fingerprint density at radius 3 is 2.71 bits per heavy atom.